The van der Waals surface area contributed by atoms with E-state index in [9.17, 15) is 9.59 Å². The maximum absolute atomic E-state index is 12.7. The zero-order chi connectivity index (χ0) is 23.7. The SMILES string of the molecule is Cc1ccccc1-c1nn2c(=O)cc(CN3CCN(C(=O)Nc4ccc(Cl)cc4)CC3)nc2s1. The van der Waals surface area contributed by atoms with Crippen molar-refractivity contribution in [2.24, 2.45) is 0 Å². The molecule has 3 heterocycles. The fourth-order valence-electron chi connectivity index (χ4n) is 3.93. The summed E-state index contributed by atoms with van der Waals surface area (Å²) in [5, 5.41) is 8.79. The monoisotopic (exact) mass is 494 g/mol. The Hall–Kier alpha value is -3.27. The molecule has 1 saturated heterocycles. The van der Waals surface area contributed by atoms with Crippen molar-refractivity contribution in [1.29, 1.82) is 0 Å². The molecule has 0 bridgehead atoms. The molecule has 4 aromatic rings. The van der Waals surface area contributed by atoms with E-state index < -0.39 is 0 Å². The summed E-state index contributed by atoms with van der Waals surface area (Å²) in [7, 11) is 0. The number of halogens is 1. The van der Waals surface area contributed by atoms with Crippen LogP contribution in [0.25, 0.3) is 15.5 Å². The molecule has 2 aromatic carbocycles. The van der Waals surface area contributed by atoms with Crippen LogP contribution in [0, 0.1) is 6.92 Å². The van der Waals surface area contributed by atoms with Gasteiger partial charge in [-0.25, -0.2) is 9.78 Å². The Morgan fingerprint density at radius 2 is 1.82 bits per heavy atom. The summed E-state index contributed by atoms with van der Waals surface area (Å²) in [5.74, 6) is 0. The maximum Gasteiger partial charge on any atom is 0.321 e. The highest BCUT2D eigenvalue weighted by atomic mass is 35.5. The molecule has 1 N–H and O–H groups in total. The number of hydrogen-bond donors (Lipinski definition) is 1. The zero-order valence-electron chi connectivity index (χ0n) is 18.6. The molecule has 0 spiro atoms. The molecule has 2 aromatic heterocycles. The van der Waals surface area contributed by atoms with Crippen LogP contribution in [-0.4, -0.2) is 56.6 Å². The molecule has 10 heteroatoms. The van der Waals surface area contributed by atoms with Crippen LogP contribution < -0.4 is 10.9 Å². The second-order valence-corrected chi connectivity index (χ2v) is 9.59. The highest BCUT2D eigenvalue weighted by Gasteiger charge is 2.22. The fraction of sp³-hybridized carbons (Fsp3) is 0.250. The molecule has 8 nitrogen and oxygen atoms in total. The van der Waals surface area contributed by atoms with Gasteiger partial charge in [0, 0.05) is 55.1 Å². The van der Waals surface area contributed by atoms with E-state index in [-0.39, 0.29) is 11.6 Å². The Kier molecular flexibility index (Phi) is 6.32. The van der Waals surface area contributed by atoms with Gasteiger partial charge in [0.15, 0.2) is 0 Å². The Labute approximate surface area is 205 Å². The lowest BCUT2D eigenvalue weighted by Crippen LogP contribution is -2.49. The van der Waals surface area contributed by atoms with Crippen LogP contribution in [0.2, 0.25) is 5.02 Å². The number of amides is 2. The molecule has 2 amide bonds. The van der Waals surface area contributed by atoms with Gasteiger partial charge in [-0.2, -0.15) is 9.61 Å². The second kappa shape index (κ2) is 9.54. The first kappa shape index (κ1) is 22.5. The van der Waals surface area contributed by atoms with Crippen LogP contribution in [0.5, 0.6) is 0 Å². The molecule has 0 saturated carbocycles. The van der Waals surface area contributed by atoms with Gasteiger partial charge in [0.1, 0.15) is 5.01 Å². The van der Waals surface area contributed by atoms with Crippen LogP contribution in [0.3, 0.4) is 0 Å². The number of aromatic nitrogens is 3. The Morgan fingerprint density at radius 3 is 2.56 bits per heavy atom. The minimum Gasteiger partial charge on any atom is -0.322 e. The first-order valence-electron chi connectivity index (χ1n) is 11.0. The number of nitrogens with one attached hydrogen (secondary N) is 1. The van der Waals surface area contributed by atoms with Crippen molar-refractivity contribution in [3.63, 3.8) is 0 Å². The Morgan fingerprint density at radius 1 is 1.09 bits per heavy atom. The Bertz CT molecular complexity index is 1390. The maximum atomic E-state index is 12.7. The van der Waals surface area contributed by atoms with E-state index in [1.807, 2.05) is 31.2 Å². The molecule has 0 unspecified atom stereocenters. The molecular weight excluding hydrogens is 472 g/mol. The van der Waals surface area contributed by atoms with Crippen molar-refractivity contribution in [2.45, 2.75) is 13.5 Å². The lowest BCUT2D eigenvalue weighted by Gasteiger charge is -2.34. The van der Waals surface area contributed by atoms with Crippen LogP contribution in [0.4, 0.5) is 10.5 Å². The van der Waals surface area contributed by atoms with E-state index in [1.165, 1.54) is 15.9 Å². The molecular formula is C24H23ClN6O2S. The largest absolute Gasteiger partial charge is 0.322 e. The van der Waals surface area contributed by atoms with Crippen molar-refractivity contribution in [2.75, 3.05) is 31.5 Å². The van der Waals surface area contributed by atoms with Gasteiger partial charge in [-0.05, 0) is 36.8 Å². The summed E-state index contributed by atoms with van der Waals surface area (Å²) in [5.41, 5.74) is 3.35. The van der Waals surface area contributed by atoms with Crippen molar-refractivity contribution in [3.05, 3.63) is 81.2 Å². The van der Waals surface area contributed by atoms with Crippen molar-refractivity contribution < 1.29 is 4.79 Å². The number of carbonyl (C=O) groups is 1. The fourth-order valence-corrected chi connectivity index (χ4v) is 5.07. The van der Waals surface area contributed by atoms with E-state index in [1.54, 1.807) is 35.2 Å². The predicted molar refractivity (Wildman–Crippen MR) is 135 cm³/mol. The van der Waals surface area contributed by atoms with Crippen LogP contribution in [-0.2, 0) is 6.54 Å². The highest BCUT2D eigenvalue weighted by molar-refractivity contribution is 7.19. The van der Waals surface area contributed by atoms with Crippen molar-refractivity contribution in [1.82, 2.24) is 24.4 Å². The topological polar surface area (TPSA) is 82.8 Å². The highest BCUT2D eigenvalue weighted by Crippen LogP contribution is 2.27. The van der Waals surface area contributed by atoms with Crippen LogP contribution >= 0.6 is 22.9 Å². The van der Waals surface area contributed by atoms with Crippen LogP contribution in [0.15, 0.2) is 59.4 Å². The third-order valence-electron chi connectivity index (χ3n) is 5.81. The van der Waals surface area contributed by atoms with E-state index in [2.05, 4.69) is 15.3 Å². The van der Waals surface area contributed by atoms with Gasteiger partial charge in [0.05, 0.1) is 5.69 Å². The molecule has 34 heavy (non-hydrogen) atoms. The smallest absolute Gasteiger partial charge is 0.321 e. The number of hydrogen-bond acceptors (Lipinski definition) is 6. The second-order valence-electron chi connectivity index (χ2n) is 8.20. The molecule has 0 radical (unpaired) electrons. The van der Waals surface area contributed by atoms with E-state index in [0.29, 0.717) is 54.1 Å². The summed E-state index contributed by atoms with van der Waals surface area (Å²) in [6, 6.07) is 16.4. The number of rotatable bonds is 4. The molecule has 0 aliphatic carbocycles. The summed E-state index contributed by atoms with van der Waals surface area (Å²) >= 11 is 7.31. The molecule has 5 rings (SSSR count). The summed E-state index contributed by atoms with van der Waals surface area (Å²) < 4.78 is 1.37. The lowest BCUT2D eigenvalue weighted by atomic mass is 10.1. The molecule has 0 atom stereocenters. The number of piperazine rings is 1. The minimum atomic E-state index is -0.183. The summed E-state index contributed by atoms with van der Waals surface area (Å²) in [6.45, 7) is 5.17. The average molecular weight is 495 g/mol. The normalized spacial score (nSPS) is 14.5. The number of fused-ring (bicyclic) bond motifs is 1. The van der Waals surface area contributed by atoms with Crippen molar-refractivity contribution >= 4 is 39.6 Å². The van der Waals surface area contributed by atoms with E-state index in [0.717, 1.165) is 16.1 Å². The molecule has 1 aliphatic heterocycles. The number of nitrogens with zero attached hydrogens (tertiary/aromatic N) is 5. The first-order valence-corrected chi connectivity index (χ1v) is 12.2. The number of aryl methyl sites for hydroxylation is 1. The van der Waals surface area contributed by atoms with Gasteiger partial charge in [-0.3, -0.25) is 9.69 Å². The quantitative estimate of drug-likeness (QED) is 0.461. The van der Waals surface area contributed by atoms with Gasteiger partial charge in [0.25, 0.3) is 5.56 Å². The number of anilines is 1. The predicted octanol–water partition coefficient (Wildman–Crippen LogP) is 4.13. The van der Waals surface area contributed by atoms with E-state index in [4.69, 9.17) is 16.6 Å². The third-order valence-corrected chi connectivity index (χ3v) is 7.01. The molecule has 174 valence electrons. The van der Waals surface area contributed by atoms with Gasteiger partial charge in [0.2, 0.25) is 4.96 Å². The van der Waals surface area contributed by atoms with Crippen molar-refractivity contribution in [3.8, 4) is 10.6 Å². The number of carbonyl (C=O) groups excluding carboxylic acids is 1. The number of urea groups is 1. The third kappa shape index (κ3) is 4.82. The van der Waals surface area contributed by atoms with Crippen LogP contribution in [0.1, 0.15) is 11.3 Å². The zero-order valence-corrected chi connectivity index (χ0v) is 20.1. The Balaban J connectivity index is 1.23. The summed E-state index contributed by atoms with van der Waals surface area (Å²) in [4.78, 5) is 34.5. The lowest BCUT2D eigenvalue weighted by molar-refractivity contribution is 0.142. The van der Waals surface area contributed by atoms with Gasteiger partial charge in [-0.1, -0.05) is 47.2 Å². The summed E-state index contributed by atoms with van der Waals surface area (Å²) in [6.07, 6.45) is 0. The van der Waals surface area contributed by atoms with Gasteiger partial charge >= 0.3 is 6.03 Å². The number of benzene rings is 2. The van der Waals surface area contributed by atoms with Gasteiger partial charge < -0.3 is 10.2 Å². The first-order chi connectivity index (χ1) is 16.5. The standard InChI is InChI=1S/C24H23ClN6O2S/c1-16-4-2-3-5-20(16)22-28-31-21(32)14-19(27-24(31)34-22)15-29-10-12-30(13-11-29)23(33)26-18-8-6-17(25)7-9-18/h2-9,14H,10-13,15H2,1H3,(H,26,33). The van der Waals surface area contributed by atoms with Gasteiger partial charge in [-0.15, -0.1) is 0 Å². The molecule has 1 aliphatic rings. The average Bonchev–Trinajstić information content (AvgIpc) is 3.26. The van der Waals surface area contributed by atoms with E-state index >= 15 is 0 Å². The molecule has 1 fully saturated rings. The minimum absolute atomic E-state index is 0.131.